The Bertz CT molecular complexity index is 386. The monoisotopic (exact) mass is 279 g/mol. The molecule has 0 spiro atoms. The molecule has 1 unspecified atom stereocenters. The second-order valence-electron chi connectivity index (χ2n) is 3.96. The molecule has 0 fully saturated rings. The van der Waals surface area contributed by atoms with E-state index in [4.69, 9.17) is 0 Å². The second kappa shape index (κ2) is 7.35. The van der Waals surface area contributed by atoms with E-state index >= 15 is 0 Å². The zero-order chi connectivity index (χ0) is 14.3. The van der Waals surface area contributed by atoms with Crippen molar-refractivity contribution >= 4 is 21.7 Å². The average Bonchev–Trinajstić information content (AvgIpc) is 2.29. The largest absolute Gasteiger partial charge is 0.469 e. The van der Waals surface area contributed by atoms with Crippen molar-refractivity contribution in [3.05, 3.63) is 0 Å². The van der Waals surface area contributed by atoms with Crippen LogP contribution in [0.5, 0.6) is 0 Å². The van der Waals surface area contributed by atoms with Crippen LogP contribution in [0.25, 0.3) is 0 Å². The van der Waals surface area contributed by atoms with Gasteiger partial charge in [0, 0.05) is 13.1 Å². The Kier molecular flexibility index (Phi) is 6.90. The van der Waals surface area contributed by atoms with Crippen LogP contribution < -0.4 is 0 Å². The summed E-state index contributed by atoms with van der Waals surface area (Å²) < 4.78 is 28.2. The summed E-state index contributed by atoms with van der Waals surface area (Å²) in [6.45, 7) is 5.91. The number of ether oxygens (including phenoxy) is 1. The van der Waals surface area contributed by atoms with Crippen molar-refractivity contribution in [1.29, 1.82) is 0 Å². The molecule has 0 aliphatic heterocycles. The number of carbonyl (C=O) groups is 2. The number of esters is 1. The maximum absolute atomic E-state index is 11.9. The third kappa shape index (κ3) is 5.03. The molecule has 0 aromatic heterocycles. The van der Waals surface area contributed by atoms with Crippen LogP contribution in [0, 0.1) is 0 Å². The highest BCUT2D eigenvalue weighted by Gasteiger charge is 2.28. The summed E-state index contributed by atoms with van der Waals surface area (Å²) in [5, 5.41) is -0.913. The standard InChI is InChI=1S/C11H21NO5S/c1-5-12(6-2)10(13)8-18(15,16)9(3)7-11(14)17-4/h9H,5-8H2,1-4H3. The maximum Gasteiger partial charge on any atom is 0.306 e. The Balaban J connectivity index is 4.65. The molecule has 1 atom stereocenters. The summed E-state index contributed by atoms with van der Waals surface area (Å²) in [4.78, 5) is 24.2. The van der Waals surface area contributed by atoms with Crippen molar-refractivity contribution in [2.24, 2.45) is 0 Å². The minimum Gasteiger partial charge on any atom is -0.469 e. The Morgan fingerprint density at radius 2 is 1.72 bits per heavy atom. The van der Waals surface area contributed by atoms with Crippen molar-refractivity contribution in [1.82, 2.24) is 4.90 Å². The van der Waals surface area contributed by atoms with Crippen LogP contribution in [-0.4, -0.2) is 56.4 Å². The van der Waals surface area contributed by atoms with E-state index in [9.17, 15) is 18.0 Å². The molecule has 0 rings (SSSR count). The summed E-state index contributed by atoms with van der Waals surface area (Å²) in [7, 11) is -2.42. The Morgan fingerprint density at radius 1 is 1.22 bits per heavy atom. The van der Waals surface area contributed by atoms with Crippen LogP contribution >= 0.6 is 0 Å². The normalized spacial score (nSPS) is 12.9. The smallest absolute Gasteiger partial charge is 0.306 e. The van der Waals surface area contributed by atoms with Gasteiger partial charge in [-0.3, -0.25) is 9.59 Å². The van der Waals surface area contributed by atoms with E-state index in [0.717, 1.165) is 0 Å². The molecular weight excluding hydrogens is 258 g/mol. The van der Waals surface area contributed by atoms with Gasteiger partial charge in [-0.1, -0.05) is 0 Å². The summed E-state index contributed by atoms with van der Waals surface area (Å²) in [5.41, 5.74) is 0. The first-order chi connectivity index (χ1) is 8.28. The van der Waals surface area contributed by atoms with Crippen LogP contribution in [0.3, 0.4) is 0 Å². The second-order valence-corrected chi connectivity index (χ2v) is 6.38. The predicted molar refractivity (Wildman–Crippen MR) is 67.8 cm³/mol. The van der Waals surface area contributed by atoms with E-state index in [1.54, 1.807) is 13.8 Å². The lowest BCUT2D eigenvalue weighted by molar-refractivity contribution is -0.140. The molecule has 0 N–H and O–H groups in total. The maximum atomic E-state index is 11.9. The number of nitrogens with zero attached hydrogens (tertiary/aromatic N) is 1. The molecule has 0 aliphatic rings. The van der Waals surface area contributed by atoms with Gasteiger partial charge in [-0.25, -0.2) is 8.42 Å². The predicted octanol–water partition coefficient (Wildman–Crippen LogP) is 0.221. The Morgan fingerprint density at radius 3 is 2.11 bits per heavy atom. The number of amides is 1. The Labute approximate surface area is 108 Å². The molecule has 0 saturated heterocycles. The molecule has 0 aliphatic carbocycles. The zero-order valence-corrected chi connectivity index (χ0v) is 12.1. The van der Waals surface area contributed by atoms with E-state index in [1.807, 2.05) is 0 Å². The molecule has 0 radical (unpaired) electrons. The van der Waals surface area contributed by atoms with Gasteiger partial charge in [0.2, 0.25) is 5.91 Å². The number of hydrogen-bond donors (Lipinski definition) is 0. The van der Waals surface area contributed by atoms with E-state index in [1.165, 1.54) is 18.9 Å². The van der Waals surface area contributed by atoms with Gasteiger partial charge in [0.15, 0.2) is 9.84 Å². The zero-order valence-electron chi connectivity index (χ0n) is 11.3. The van der Waals surface area contributed by atoms with Crippen molar-refractivity contribution in [2.45, 2.75) is 32.4 Å². The van der Waals surface area contributed by atoms with Crippen molar-refractivity contribution in [3.8, 4) is 0 Å². The lowest BCUT2D eigenvalue weighted by Crippen LogP contribution is -2.38. The van der Waals surface area contributed by atoms with E-state index in [-0.39, 0.29) is 6.42 Å². The number of rotatable bonds is 7. The van der Waals surface area contributed by atoms with Gasteiger partial charge in [0.25, 0.3) is 0 Å². The molecule has 6 nitrogen and oxygen atoms in total. The van der Waals surface area contributed by atoms with Gasteiger partial charge in [-0.15, -0.1) is 0 Å². The van der Waals surface area contributed by atoms with Crippen molar-refractivity contribution < 1.29 is 22.7 Å². The molecule has 0 bridgehead atoms. The lowest BCUT2D eigenvalue weighted by atomic mass is 10.3. The van der Waals surface area contributed by atoms with Gasteiger partial charge in [0.05, 0.1) is 18.8 Å². The quantitative estimate of drug-likeness (QED) is 0.623. The summed E-state index contributed by atoms with van der Waals surface area (Å²) >= 11 is 0. The first-order valence-corrected chi connectivity index (χ1v) is 7.56. The van der Waals surface area contributed by atoms with Crippen LogP contribution in [0.4, 0.5) is 0 Å². The molecule has 0 aromatic rings. The number of hydrogen-bond acceptors (Lipinski definition) is 5. The number of sulfone groups is 1. The summed E-state index contributed by atoms with van der Waals surface area (Å²) in [6.07, 6.45) is -0.232. The fraction of sp³-hybridized carbons (Fsp3) is 0.818. The van der Waals surface area contributed by atoms with E-state index in [0.29, 0.717) is 13.1 Å². The summed E-state index contributed by atoms with van der Waals surface area (Å²) in [5.74, 6) is -1.59. The lowest BCUT2D eigenvalue weighted by Gasteiger charge is -2.19. The van der Waals surface area contributed by atoms with Crippen molar-refractivity contribution in [3.63, 3.8) is 0 Å². The van der Waals surface area contributed by atoms with E-state index < -0.39 is 32.7 Å². The van der Waals surface area contributed by atoms with Crippen LogP contribution in [-0.2, 0) is 24.2 Å². The summed E-state index contributed by atoms with van der Waals surface area (Å²) in [6, 6.07) is 0. The first kappa shape index (κ1) is 16.9. The highest BCUT2D eigenvalue weighted by atomic mass is 32.2. The van der Waals surface area contributed by atoms with Crippen LogP contribution in [0.2, 0.25) is 0 Å². The SMILES string of the molecule is CCN(CC)C(=O)CS(=O)(=O)C(C)CC(=O)OC. The van der Waals surface area contributed by atoms with Gasteiger partial charge in [0.1, 0.15) is 5.75 Å². The van der Waals surface area contributed by atoms with Gasteiger partial charge < -0.3 is 9.64 Å². The Hall–Kier alpha value is -1.11. The first-order valence-electron chi connectivity index (χ1n) is 5.84. The molecule has 18 heavy (non-hydrogen) atoms. The molecule has 1 amide bonds. The molecule has 0 saturated carbocycles. The van der Waals surface area contributed by atoms with Crippen LogP contribution in [0.1, 0.15) is 27.2 Å². The highest BCUT2D eigenvalue weighted by molar-refractivity contribution is 7.92. The third-order valence-corrected chi connectivity index (χ3v) is 4.78. The fourth-order valence-corrected chi connectivity index (χ4v) is 2.63. The topological polar surface area (TPSA) is 80.8 Å². The third-order valence-electron chi connectivity index (χ3n) is 2.74. The van der Waals surface area contributed by atoms with Crippen LogP contribution in [0.15, 0.2) is 0 Å². The minimum absolute atomic E-state index is 0.232. The van der Waals surface area contributed by atoms with Gasteiger partial charge in [-0.2, -0.15) is 0 Å². The minimum atomic E-state index is -3.62. The molecule has 106 valence electrons. The molecule has 0 heterocycles. The van der Waals surface area contributed by atoms with E-state index in [2.05, 4.69) is 4.74 Å². The fourth-order valence-electron chi connectivity index (χ4n) is 1.43. The van der Waals surface area contributed by atoms with Crippen molar-refractivity contribution in [2.75, 3.05) is 26.0 Å². The molecular formula is C11H21NO5S. The number of carbonyl (C=O) groups excluding carboxylic acids is 2. The van der Waals surface area contributed by atoms with Gasteiger partial charge in [-0.05, 0) is 20.8 Å². The van der Waals surface area contributed by atoms with Gasteiger partial charge >= 0.3 is 5.97 Å². The number of methoxy groups -OCH3 is 1. The average molecular weight is 279 g/mol. The highest BCUT2D eigenvalue weighted by Crippen LogP contribution is 2.09. The molecule has 0 aromatic carbocycles. The molecule has 7 heteroatoms.